The van der Waals surface area contributed by atoms with Crippen LogP contribution in [0.2, 0.25) is 0 Å². The summed E-state index contributed by atoms with van der Waals surface area (Å²) in [6.45, 7) is -1.75. The van der Waals surface area contributed by atoms with E-state index in [0.29, 0.717) is 0 Å². The average Bonchev–Trinajstić information content (AvgIpc) is 2.85. The second-order valence-electron chi connectivity index (χ2n) is 7.78. The predicted molar refractivity (Wildman–Crippen MR) is 133 cm³/mol. The van der Waals surface area contributed by atoms with Gasteiger partial charge < -0.3 is 0 Å². The molecule has 0 fully saturated rings. The molecule has 0 heterocycles. The molecule has 0 bridgehead atoms. The van der Waals surface area contributed by atoms with Crippen molar-refractivity contribution in [1.82, 2.24) is 0 Å². The van der Waals surface area contributed by atoms with Gasteiger partial charge in [-0.25, -0.2) is 0 Å². The molecule has 1 N–H and O–H groups in total. The van der Waals surface area contributed by atoms with Crippen LogP contribution in [0.5, 0.6) is 0 Å². The molecule has 0 unspecified atom stereocenters. The van der Waals surface area contributed by atoms with Crippen LogP contribution in [0, 0.1) is 10.1 Å². The summed E-state index contributed by atoms with van der Waals surface area (Å²) in [6.07, 6.45) is 0. The van der Waals surface area contributed by atoms with Crippen molar-refractivity contribution in [2.24, 2.45) is 0 Å². The van der Waals surface area contributed by atoms with Crippen LogP contribution in [0.1, 0.15) is 0 Å². The molecule has 4 aromatic rings. The Labute approximate surface area is 186 Å². The van der Waals surface area contributed by atoms with Crippen molar-refractivity contribution in [2.75, 3.05) is 12.0 Å². The summed E-state index contributed by atoms with van der Waals surface area (Å²) in [7, 11) is 0. The van der Waals surface area contributed by atoms with E-state index in [-0.39, 0.29) is 17.0 Å². The number of anilines is 1. The van der Waals surface area contributed by atoms with Gasteiger partial charge in [0, 0.05) is 0 Å². The third kappa shape index (κ3) is 3.28. The van der Waals surface area contributed by atoms with Crippen LogP contribution < -0.4 is 21.2 Å². The normalized spacial score (nSPS) is 12.3. The number of hydrogen-bond acceptors (Lipinski definition) is 3. The fourth-order valence-corrected chi connectivity index (χ4v) is 8.94. The SMILES string of the molecule is CP(C(=O)Nc1ccccc1[N+](=O)[O-])(c1ccccc1)(c1ccccc1)c1ccccc1. The van der Waals surface area contributed by atoms with E-state index in [1.807, 2.05) is 97.7 Å². The Morgan fingerprint density at radius 1 is 0.688 bits per heavy atom. The molecule has 0 saturated carbocycles. The van der Waals surface area contributed by atoms with Crippen molar-refractivity contribution in [2.45, 2.75) is 0 Å². The van der Waals surface area contributed by atoms with Gasteiger partial charge >= 0.3 is 187 Å². The minimum atomic E-state index is -3.76. The van der Waals surface area contributed by atoms with Crippen molar-refractivity contribution in [1.29, 1.82) is 0 Å². The van der Waals surface area contributed by atoms with Crippen LogP contribution in [0.4, 0.5) is 16.2 Å². The minimum absolute atomic E-state index is 0.139. The Balaban J connectivity index is 2.05. The molecular weight excluding hydrogens is 419 g/mol. The first-order valence-electron chi connectivity index (χ1n) is 10.2. The van der Waals surface area contributed by atoms with E-state index in [1.165, 1.54) is 6.07 Å². The Morgan fingerprint density at radius 2 is 1.06 bits per heavy atom. The standard InChI is InChI=1S/C26H23N2O3P/c1-32(21-13-5-2-6-14-21,22-15-7-3-8-16-22,23-17-9-4-10-18-23)26(29)27-24-19-11-12-20-25(24)28(30)31/h2-20H,1H3,(H,27,29). The molecule has 1 amide bonds. The summed E-state index contributed by atoms with van der Waals surface area (Å²) in [4.78, 5) is 25.6. The van der Waals surface area contributed by atoms with Crippen molar-refractivity contribution in [3.05, 3.63) is 125 Å². The van der Waals surface area contributed by atoms with Gasteiger partial charge in [-0.05, 0) is 0 Å². The molecule has 4 rings (SSSR count). The van der Waals surface area contributed by atoms with E-state index < -0.39 is 11.5 Å². The molecule has 0 aliphatic carbocycles. The third-order valence-corrected chi connectivity index (χ3v) is 11.9. The van der Waals surface area contributed by atoms with Gasteiger partial charge in [-0.3, -0.25) is 0 Å². The first-order valence-corrected chi connectivity index (χ1v) is 12.9. The summed E-state index contributed by atoms with van der Waals surface area (Å²) < 4.78 is 0. The van der Waals surface area contributed by atoms with E-state index in [0.717, 1.165) is 15.9 Å². The number of nitro benzene ring substituents is 1. The summed E-state index contributed by atoms with van der Waals surface area (Å²) >= 11 is 0. The number of nitro groups is 1. The van der Waals surface area contributed by atoms with Crippen LogP contribution in [0.25, 0.3) is 0 Å². The fourth-order valence-electron chi connectivity index (χ4n) is 4.19. The number of benzene rings is 4. The molecule has 160 valence electrons. The number of amides is 1. The molecule has 0 saturated heterocycles. The Morgan fingerprint density at radius 3 is 1.47 bits per heavy atom. The van der Waals surface area contributed by atoms with Gasteiger partial charge in [0.25, 0.3) is 0 Å². The van der Waals surface area contributed by atoms with E-state index in [4.69, 9.17) is 0 Å². The van der Waals surface area contributed by atoms with Crippen LogP contribution in [0.3, 0.4) is 0 Å². The van der Waals surface area contributed by atoms with Crippen LogP contribution >= 0.6 is 6.60 Å². The summed E-state index contributed by atoms with van der Waals surface area (Å²) in [5, 5.41) is 17.2. The Bertz CT molecular complexity index is 1160. The number of para-hydroxylation sites is 2. The van der Waals surface area contributed by atoms with Gasteiger partial charge in [-0.15, -0.1) is 0 Å². The van der Waals surface area contributed by atoms with Gasteiger partial charge in [0.2, 0.25) is 0 Å². The molecule has 0 aliphatic rings. The summed E-state index contributed by atoms with van der Waals surface area (Å²) in [5.74, 6) is 0. The number of hydrogen-bond donors (Lipinski definition) is 1. The Hall–Kier alpha value is -3.82. The second kappa shape index (κ2) is 8.37. The van der Waals surface area contributed by atoms with Gasteiger partial charge in [-0.1, -0.05) is 0 Å². The number of rotatable bonds is 6. The van der Waals surface area contributed by atoms with Crippen molar-refractivity contribution in [3.8, 4) is 0 Å². The number of carbonyl (C=O) groups is 1. The molecule has 0 atom stereocenters. The maximum absolute atomic E-state index is 14.5. The van der Waals surface area contributed by atoms with Gasteiger partial charge in [0.1, 0.15) is 0 Å². The summed E-state index contributed by atoms with van der Waals surface area (Å²) in [5.41, 5.74) is -0.213. The maximum atomic E-state index is 14.5. The predicted octanol–water partition coefficient (Wildman–Crippen LogP) is 5.29. The molecule has 6 heteroatoms. The quantitative estimate of drug-likeness (QED) is 0.251. The zero-order valence-corrected chi connectivity index (χ0v) is 18.5. The van der Waals surface area contributed by atoms with E-state index >= 15 is 0 Å². The molecule has 4 aromatic carbocycles. The molecule has 0 radical (unpaired) electrons. The Kier molecular flexibility index (Phi) is 5.60. The molecular formula is C26H23N2O3P. The first kappa shape index (κ1) is 21.4. The number of nitrogens with one attached hydrogen (secondary N) is 1. The van der Waals surface area contributed by atoms with E-state index in [9.17, 15) is 14.9 Å². The van der Waals surface area contributed by atoms with Crippen molar-refractivity contribution in [3.63, 3.8) is 0 Å². The molecule has 32 heavy (non-hydrogen) atoms. The van der Waals surface area contributed by atoms with Gasteiger partial charge in [0.05, 0.1) is 0 Å². The van der Waals surface area contributed by atoms with E-state index in [1.54, 1.807) is 18.2 Å². The third-order valence-electron chi connectivity index (χ3n) is 6.06. The number of nitrogens with zero attached hydrogens (tertiary/aromatic N) is 1. The van der Waals surface area contributed by atoms with Crippen LogP contribution in [0.15, 0.2) is 115 Å². The second-order valence-corrected chi connectivity index (χ2v) is 12.9. The van der Waals surface area contributed by atoms with E-state index in [2.05, 4.69) is 5.32 Å². The van der Waals surface area contributed by atoms with Gasteiger partial charge in [-0.2, -0.15) is 0 Å². The monoisotopic (exact) mass is 442 g/mol. The molecule has 0 aliphatic heterocycles. The average molecular weight is 442 g/mol. The molecule has 0 aromatic heterocycles. The zero-order chi connectivity index (χ0) is 22.6. The van der Waals surface area contributed by atoms with Crippen LogP contribution in [-0.2, 0) is 0 Å². The van der Waals surface area contributed by atoms with Crippen molar-refractivity contribution < 1.29 is 9.72 Å². The molecule has 5 nitrogen and oxygen atoms in total. The zero-order valence-electron chi connectivity index (χ0n) is 17.6. The van der Waals surface area contributed by atoms with Crippen LogP contribution in [-0.4, -0.2) is 17.2 Å². The topological polar surface area (TPSA) is 72.2 Å². The number of carbonyl (C=O) groups excluding carboxylic acids is 1. The molecule has 0 spiro atoms. The summed E-state index contributed by atoms with van der Waals surface area (Å²) in [6, 6.07) is 35.3. The van der Waals surface area contributed by atoms with Gasteiger partial charge in [0.15, 0.2) is 0 Å². The first-order chi connectivity index (χ1) is 15.5. The fraction of sp³-hybridized carbons (Fsp3) is 0.0385. The van der Waals surface area contributed by atoms with Crippen molar-refractivity contribution >= 4 is 39.5 Å².